The lowest BCUT2D eigenvalue weighted by atomic mass is 10.1. The van der Waals surface area contributed by atoms with Gasteiger partial charge in [0.15, 0.2) is 5.13 Å². The summed E-state index contributed by atoms with van der Waals surface area (Å²) in [6.07, 6.45) is 0. The third-order valence-electron chi connectivity index (χ3n) is 3.33. The van der Waals surface area contributed by atoms with Crippen molar-refractivity contribution in [3.05, 3.63) is 74.1 Å². The molecule has 0 radical (unpaired) electrons. The Morgan fingerprint density at radius 2 is 2.00 bits per heavy atom. The minimum absolute atomic E-state index is 0.0700. The second-order valence-electron chi connectivity index (χ2n) is 5.03. The molecular formula is C16H8ClF2N3O3S. The predicted molar refractivity (Wildman–Crippen MR) is 93.5 cm³/mol. The van der Waals surface area contributed by atoms with Crippen molar-refractivity contribution in [2.45, 2.75) is 0 Å². The molecule has 10 heteroatoms. The fraction of sp³-hybridized carbons (Fsp3) is 0. The lowest BCUT2D eigenvalue weighted by Crippen LogP contribution is -2.13. The van der Waals surface area contributed by atoms with Crippen molar-refractivity contribution >= 4 is 39.7 Å². The van der Waals surface area contributed by atoms with E-state index in [2.05, 4.69) is 10.3 Å². The summed E-state index contributed by atoms with van der Waals surface area (Å²) in [5.74, 6) is -2.26. The smallest absolute Gasteiger partial charge is 0.283 e. The van der Waals surface area contributed by atoms with Gasteiger partial charge in [0.05, 0.1) is 10.6 Å². The van der Waals surface area contributed by atoms with Gasteiger partial charge in [-0.1, -0.05) is 11.6 Å². The van der Waals surface area contributed by atoms with Gasteiger partial charge in [-0.15, -0.1) is 11.3 Å². The first-order valence-electron chi connectivity index (χ1n) is 7.01. The molecule has 6 nitrogen and oxygen atoms in total. The molecule has 3 aromatic rings. The van der Waals surface area contributed by atoms with Crippen LogP contribution in [0.15, 0.2) is 41.8 Å². The Morgan fingerprint density at radius 3 is 2.69 bits per heavy atom. The van der Waals surface area contributed by atoms with Crippen LogP contribution in [0.2, 0.25) is 5.02 Å². The van der Waals surface area contributed by atoms with Crippen LogP contribution in [0.5, 0.6) is 0 Å². The molecule has 0 fully saturated rings. The molecular weight excluding hydrogens is 388 g/mol. The SMILES string of the molecule is O=C(Nc1nc(-c2ccc(F)cc2F)cs1)c1ccc(Cl)cc1[N+](=O)[O-]. The Bertz CT molecular complexity index is 1030. The Kier molecular flexibility index (Phi) is 4.92. The van der Waals surface area contributed by atoms with Crippen LogP contribution in [-0.2, 0) is 0 Å². The highest BCUT2D eigenvalue weighted by atomic mass is 35.5. The molecule has 132 valence electrons. The van der Waals surface area contributed by atoms with Crippen molar-refractivity contribution in [3.8, 4) is 11.3 Å². The summed E-state index contributed by atoms with van der Waals surface area (Å²) >= 11 is 6.71. The van der Waals surface area contributed by atoms with Gasteiger partial charge in [-0.3, -0.25) is 20.2 Å². The van der Waals surface area contributed by atoms with Gasteiger partial charge >= 0.3 is 0 Å². The maximum atomic E-state index is 13.8. The third kappa shape index (κ3) is 3.68. The zero-order valence-electron chi connectivity index (χ0n) is 12.7. The molecule has 0 unspecified atom stereocenters. The third-order valence-corrected chi connectivity index (χ3v) is 4.33. The summed E-state index contributed by atoms with van der Waals surface area (Å²) in [5, 5.41) is 15.2. The van der Waals surface area contributed by atoms with E-state index >= 15 is 0 Å². The fourth-order valence-corrected chi connectivity index (χ4v) is 3.04. The standard InChI is InChI=1S/C16H8ClF2N3O3S/c17-8-1-3-11(14(5-8)22(24)25)15(23)21-16-20-13(7-26-16)10-4-2-9(18)6-12(10)19/h1-7H,(H,20,21,23). The molecule has 3 rings (SSSR count). The summed E-state index contributed by atoms with van der Waals surface area (Å²) < 4.78 is 26.8. The van der Waals surface area contributed by atoms with Gasteiger partial charge in [-0.2, -0.15) is 0 Å². The van der Waals surface area contributed by atoms with Crippen molar-refractivity contribution in [1.29, 1.82) is 0 Å². The van der Waals surface area contributed by atoms with Crippen LogP contribution >= 0.6 is 22.9 Å². The number of amides is 1. The van der Waals surface area contributed by atoms with E-state index in [0.717, 1.165) is 29.5 Å². The fourth-order valence-electron chi connectivity index (χ4n) is 2.16. The first-order valence-corrected chi connectivity index (χ1v) is 8.27. The van der Waals surface area contributed by atoms with E-state index < -0.39 is 28.2 Å². The maximum Gasteiger partial charge on any atom is 0.283 e. The maximum absolute atomic E-state index is 13.8. The number of nitro benzene ring substituents is 1. The van der Waals surface area contributed by atoms with E-state index in [1.165, 1.54) is 23.6 Å². The van der Waals surface area contributed by atoms with E-state index in [1.54, 1.807) is 0 Å². The van der Waals surface area contributed by atoms with Crippen molar-refractivity contribution < 1.29 is 18.5 Å². The number of anilines is 1. The number of aromatic nitrogens is 1. The van der Waals surface area contributed by atoms with E-state index in [-0.39, 0.29) is 27.0 Å². The Labute approximate surface area is 154 Å². The number of rotatable bonds is 4. The highest BCUT2D eigenvalue weighted by Gasteiger charge is 2.21. The first-order chi connectivity index (χ1) is 12.3. The van der Waals surface area contributed by atoms with Gasteiger partial charge < -0.3 is 0 Å². The van der Waals surface area contributed by atoms with Gasteiger partial charge in [-0.25, -0.2) is 13.8 Å². The van der Waals surface area contributed by atoms with Crippen molar-refractivity contribution in [2.75, 3.05) is 5.32 Å². The molecule has 0 aliphatic rings. The highest BCUT2D eigenvalue weighted by molar-refractivity contribution is 7.14. The molecule has 0 aliphatic carbocycles. The zero-order chi connectivity index (χ0) is 18.8. The second kappa shape index (κ2) is 7.14. The quantitative estimate of drug-likeness (QED) is 0.502. The molecule has 0 saturated heterocycles. The number of nitrogens with zero attached hydrogens (tertiary/aromatic N) is 2. The van der Waals surface area contributed by atoms with Gasteiger partial charge in [0, 0.05) is 28.1 Å². The molecule has 0 aliphatic heterocycles. The van der Waals surface area contributed by atoms with Crippen molar-refractivity contribution in [3.63, 3.8) is 0 Å². The molecule has 2 aromatic carbocycles. The molecule has 0 saturated carbocycles. The van der Waals surface area contributed by atoms with Gasteiger partial charge in [0.2, 0.25) is 0 Å². The number of halogens is 3. The van der Waals surface area contributed by atoms with E-state index in [4.69, 9.17) is 11.6 Å². The summed E-state index contributed by atoms with van der Waals surface area (Å²) in [6.45, 7) is 0. The second-order valence-corrected chi connectivity index (χ2v) is 6.33. The Morgan fingerprint density at radius 1 is 1.23 bits per heavy atom. The van der Waals surface area contributed by atoms with Gasteiger partial charge in [0.1, 0.15) is 17.2 Å². The summed E-state index contributed by atoms with van der Waals surface area (Å²) in [5.41, 5.74) is -0.366. The number of hydrogen-bond donors (Lipinski definition) is 1. The molecule has 1 aromatic heterocycles. The van der Waals surface area contributed by atoms with Crippen LogP contribution in [0, 0.1) is 21.7 Å². The molecule has 0 bridgehead atoms. The molecule has 26 heavy (non-hydrogen) atoms. The van der Waals surface area contributed by atoms with Crippen molar-refractivity contribution in [1.82, 2.24) is 4.98 Å². The number of nitrogens with one attached hydrogen (secondary N) is 1. The van der Waals surface area contributed by atoms with Crippen molar-refractivity contribution in [2.24, 2.45) is 0 Å². The van der Waals surface area contributed by atoms with Crippen LogP contribution < -0.4 is 5.32 Å². The van der Waals surface area contributed by atoms with E-state index in [9.17, 15) is 23.7 Å². The lowest BCUT2D eigenvalue weighted by Gasteiger charge is -2.03. The molecule has 1 N–H and O–H groups in total. The summed E-state index contributed by atoms with van der Waals surface area (Å²) in [6, 6.07) is 6.69. The Hall–Kier alpha value is -2.91. The molecule has 1 amide bonds. The first kappa shape index (κ1) is 17.9. The highest BCUT2D eigenvalue weighted by Crippen LogP contribution is 2.29. The number of hydrogen-bond acceptors (Lipinski definition) is 5. The monoisotopic (exact) mass is 395 g/mol. The predicted octanol–water partition coefficient (Wildman–Crippen LogP) is 4.90. The van der Waals surface area contributed by atoms with Crippen LogP contribution in [0.1, 0.15) is 10.4 Å². The minimum atomic E-state index is -0.790. The number of benzene rings is 2. The Balaban J connectivity index is 1.86. The number of carbonyl (C=O) groups excluding carboxylic acids is 1. The van der Waals surface area contributed by atoms with Crippen LogP contribution in [0.25, 0.3) is 11.3 Å². The average molecular weight is 396 g/mol. The largest absolute Gasteiger partial charge is 0.298 e. The molecule has 1 heterocycles. The average Bonchev–Trinajstić information content (AvgIpc) is 3.02. The molecule has 0 spiro atoms. The van der Waals surface area contributed by atoms with E-state index in [0.29, 0.717) is 0 Å². The number of carbonyl (C=O) groups is 1. The zero-order valence-corrected chi connectivity index (χ0v) is 14.3. The van der Waals surface area contributed by atoms with Gasteiger partial charge in [-0.05, 0) is 24.3 Å². The van der Waals surface area contributed by atoms with E-state index in [1.807, 2.05) is 0 Å². The summed E-state index contributed by atoms with van der Waals surface area (Å²) in [7, 11) is 0. The van der Waals surface area contributed by atoms with Crippen LogP contribution in [-0.4, -0.2) is 15.8 Å². The summed E-state index contributed by atoms with van der Waals surface area (Å²) in [4.78, 5) is 26.7. The van der Waals surface area contributed by atoms with Gasteiger partial charge in [0.25, 0.3) is 11.6 Å². The topological polar surface area (TPSA) is 85.1 Å². The normalized spacial score (nSPS) is 10.6. The lowest BCUT2D eigenvalue weighted by molar-refractivity contribution is -0.385. The van der Waals surface area contributed by atoms with Crippen LogP contribution in [0.3, 0.4) is 0 Å². The number of nitro groups is 1. The van der Waals surface area contributed by atoms with Crippen LogP contribution in [0.4, 0.5) is 19.6 Å². The molecule has 0 atom stereocenters. The number of thiazole rings is 1. The minimum Gasteiger partial charge on any atom is -0.298 e.